The second-order valence-corrected chi connectivity index (χ2v) is 7.33. The molecule has 112 valence electrons. The number of rotatable bonds is 3. The summed E-state index contributed by atoms with van der Waals surface area (Å²) in [5.74, 6) is 0.524. The van der Waals surface area contributed by atoms with Crippen molar-refractivity contribution in [3.63, 3.8) is 0 Å². The van der Waals surface area contributed by atoms with Crippen LogP contribution < -0.4 is 5.73 Å². The van der Waals surface area contributed by atoms with Gasteiger partial charge in [0, 0.05) is 12.6 Å². The van der Waals surface area contributed by atoms with Crippen molar-refractivity contribution in [1.82, 2.24) is 0 Å². The third-order valence-electron chi connectivity index (χ3n) is 4.57. The lowest BCUT2D eigenvalue weighted by Crippen LogP contribution is -2.33. The van der Waals surface area contributed by atoms with E-state index in [0.29, 0.717) is 5.92 Å². The van der Waals surface area contributed by atoms with Crippen molar-refractivity contribution in [3.8, 4) is 0 Å². The molecule has 1 aromatic carbocycles. The predicted octanol–water partition coefficient (Wildman–Crippen LogP) is 3.51. The number of hydrogen-bond acceptors (Lipinski definition) is 2. The lowest BCUT2D eigenvalue weighted by Gasteiger charge is -2.24. The SMILES string of the molecule is Cc1cc(C(C)(C)C)cc(C)c1CC(N)C1CCOC1. The highest BCUT2D eigenvalue weighted by Crippen LogP contribution is 2.28. The van der Waals surface area contributed by atoms with Crippen LogP contribution >= 0.6 is 0 Å². The molecule has 2 nitrogen and oxygen atoms in total. The molecule has 1 fully saturated rings. The van der Waals surface area contributed by atoms with E-state index in [1.54, 1.807) is 0 Å². The van der Waals surface area contributed by atoms with Gasteiger partial charge in [-0.05, 0) is 60.3 Å². The van der Waals surface area contributed by atoms with Crippen molar-refractivity contribution in [1.29, 1.82) is 0 Å². The summed E-state index contributed by atoms with van der Waals surface area (Å²) < 4.78 is 5.46. The van der Waals surface area contributed by atoms with Gasteiger partial charge >= 0.3 is 0 Å². The Morgan fingerprint density at radius 2 is 1.85 bits per heavy atom. The van der Waals surface area contributed by atoms with Crippen LogP contribution in [0.15, 0.2) is 12.1 Å². The van der Waals surface area contributed by atoms with Crippen LogP contribution in [0.3, 0.4) is 0 Å². The zero-order valence-electron chi connectivity index (χ0n) is 13.6. The average molecular weight is 275 g/mol. The number of aryl methyl sites for hydroxylation is 2. The van der Waals surface area contributed by atoms with Gasteiger partial charge in [0.1, 0.15) is 0 Å². The maximum Gasteiger partial charge on any atom is 0.0510 e. The van der Waals surface area contributed by atoms with E-state index in [9.17, 15) is 0 Å². The minimum Gasteiger partial charge on any atom is -0.381 e. The average Bonchev–Trinajstić information content (AvgIpc) is 2.85. The molecule has 2 heteroatoms. The maximum atomic E-state index is 6.39. The Bertz CT molecular complexity index is 444. The largest absolute Gasteiger partial charge is 0.381 e. The molecule has 0 bridgehead atoms. The molecule has 0 amide bonds. The van der Waals surface area contributed by atoms with Crippen LogP contribution in [0.25, 0.3) is 0 Å². The Balaban J connectivity index is 2.20. The van der Waals surface area contributed by atoms with Gasteiger partial charge in [0.15, 0.2) is 0 Å². The van der Waals surface area contributed by atoms with E-state index in [2.05, 4.69) is 46.8 Å². The fourth-order valence-electron chi connectivity index (χ4n) is 3.04. The molecule has 1 aliphatic rings. The Labute approximate surface area is 123 Å². The summed E-state index contributed by atoms with van der Waals surface area (Å²) in [6, 6.07) is 4.89. The molecule has 20 heavy (non-hydrogen) atoms. The monoisotopic (exact) mass is 275 g/mol. The Morgan fingerprint density at radius 1 is 1.25 bits per heavy atom. The zero-order valence-corrected chi connectivity index (χ0v) is 13.6. The molecular formula is C18H29NO. The molecular weight excluding hydrogens is 246 g/mol. The molecule has 2 N–H and O–H groups in total. The molecule has 0 radical (unpaired) electrons. The molecule has 0 spiro atoms. The van der Waals surface area contributed by atoms with Crippen molar-refractivity contribution >= 4 is 0 Å². The topological polar surface area (TPSA) is 35.2 Å². The van der Waals surface area contributed by atoms with Gasteiger partial charge in [-0.1, -0.05) is 32.9 Å². The van der Waals surface area contributed by atoms with E-state index in [-0.39, 0.29) is 11.5 Å². The third-order valence-corrected chi connectivity index (χ3v) is 4.57. The first-order valence-electron chi connectivity index (χ1n) is 7.73. The van der Waals surface area contributed by atoms with Crippen LogP contribution in [-0.2, 0) is 16.6 Å². The summed E-state index contributed by atoms with van der Waals surface area (Å²) in [5.41, 5.74) is 12.2. The smallest absolute Gasteiger partial charge is 0.0510 e. The Morgan fingerprint density at radius 3 is 2.30 bits per heavy atom. The molecule has 2 atom stereocenters. The van der Waals surface area contributed by atoms with E-state index in [1.807, 2.05) is 0 Å². The molecule has 0 saturated carbocycles. The minimum atomic E-state index is 0.204. The van der Waals surface area contributed by atoms with Crippen LogP contribution in [0, 0.1) is 19.8 Å². The summed E-state index contributed by atoms with van der Waals surface area (Å²) in [7, 11) is 0. The molecule has 0 aliphatic carbocycles. The fraction of sp³-hybridized carbons (Fsp3) is 0.667. The number of hydrogen-bond donors (Lipinski definition) is 1. The van der Waals surface area contributed by atoms with Crippen molar-refractivity contribution in [2.45, 2.75) is 58.9 Å². The number of nitrogens with two attached hydrogens (primary N) is 1. The van der Waals surface area contributed by atoms with Gasteiger partial charge in [-0.2, -0.15) is 0 Å². The lowest BCUT2D eigenvalue weighted by molar-refractivity contribution is 0.180. The zero-order chi connectivity index (χ0) is 14.9. The van der Waals surface area contributed by atoms with Gasteiger partial charge in [0.2, 0.25) is 0 Å². The first kappa shape index (κ1) is 15.5. The van der Waals surface area contributed by atoms with Crippen LogP contribution in [0.5, 0.6) is 0 Å². The fourth-order valence-corrected chi connectivity index (χ4v) is 3.04. The highest BCUT2D eigenvalue weighted by Gasteiger charge is 2.24. The molecule has 2 unspecified atom stereocenters. The van der Waals surface area contributed by atoms with Crippen molar-refractivity contribution < 1.29 is 4.74 Å². The molecule has 2 rings (SSSR count). The van der Waals surface area contributed by atoms with E-state index in [1.165, 1.54) is 22.3 Å². The predicted molar refractivity (Wildman–Crippen MR) is 85.2 cm³/mol. The molecule has 1 aromatic rings. The van der Waals surface area contributed by atoms with Crippen molar-refractivity contribution in [3.05, 3.63) is 34.4 Å². The summed E-state index contributed by atoms with van der Waals surface area (Å²) in [5, 5.41) is 0. The number of ether oxygens (including phenoxy) is 1. The quantitative estimate of drug-likeness (QED) is 0.916. The molecule has 1 aliphatic heterocycles. The van der Waals surface area contributed by atoms with Crippen LogP contribution in [0.2, 0.25) is 0 Å². The summed E-state index contributed by atoms with van der Waals surface area (Å²) in [6.07, 6.45) is 2.08. The highest BCUT2D eigenvalue weighted by atomic mass is 16.5. The van der Waals surface area contributed by atoms with E-state index < -0.39 is 0 Å². The molecule has 0 aromatic heterocycles. The van der Waals surface area contributed by atoms with Gasteiger partial charge in [0.25, 0.3) is 0 Å². The van der Waals surface area contributed by atoms with Gasteiger partial charge in [0.05, 0.1) is 6.61 Å². The first-order chi connectivity index (χ1) is 9.29. The third kappa shape index (κ3) is 3.42. The maximum absolute atomic E-state index is 6.39. The molecule has 1 saturated heterocycles. The van der Waals surface area contributed by atoms with E-state index >= 15 is 0 Å². The van der Waals surface area contributed by atoms with Gasteiger partial charge in [-0.25, -0.2) is 0 Å². The highest BCUT2D eigenvalue weighted by molar-refractivity contribution is 5.41. The van der Waals surface area contributed by atoms with Gasteiger partial charge < -0.3 is 10.5 Å². The van der Waals surface area contributed by atoms with E-state index in [4.69, 9.17) is 10.5 Å². The van der Waals surface area contributed by atoms with E-state index in [0.717, 1.165) is 26.1 Å². The molecule has 1 heterocycles. The van der Waals surface area contributed by atoms with Crippen LogP contribution in [-0.4, -0.2) is 19.3 Å². The second kappa shape index (κ2) is 5.87. The minimum absolute atomic E-state index is 0.204. The van der Waals surface area contributed by atoms with Crippen molar-refractivity contribution in [2.24, 2.45) is 11.7 Å². The Kier molecular flexibility index (Phi) is 4.55. The van der Waals surface area contributed by atoms with Gasteiger partial charge in [-0.15, -0.1) is 0 Å². The number of benzene rings is 1. The summed E-state index contributed by atoms with van der Waals surface area (Å²) in [6.45, 7) is 12.9. The van der Waals surface area contributed by atoms with Gasteiger partial charge in [-0.3, -0.25) is 0 Å². The summed E-state index contributed by atoms with van der Waals surface area (Å²) >= 11 is 0. The van der Waals surface area contributed by atoms with Crippen LogP contribution in [0.1, 0.15) is 49.4 Å². The Hall–Kier alpha value is -0.860. The first-order valence-corrected chi connectivity index (χ1v) is 7.73. The van der Waals surface area contributed by atoms with Crippen molar-refractivity contribution in [2.75, 3.05) is 13.2 Å². The second-order valence-electron chi connectivity index (χ2n) is 7.33. The normalized spacial score (nSPS) is 21.2. The summed E-state index contributed by atoms with van der Waals surface area (Å²) in [4.78, 5) is 0. The lowest BCUT2D eigenvalue weighted by atomic mass is 9.82. The van der Waals surface area contributed by atoms with Crippen LogP contribution in [0.4, 0.5) is 0 Å². The standard InChI is InChI=1S/C18H29NO/c1-12-8-15(18(3,4)5)9-13(2)16(12)10-17(19)14-6-7-20-11-14/h8-9,14,17H,6-7,10-11,19H2,1-5H3.